The number of sulfone groups is 1. The van der Waals surface area contributed by atoms with Crippen molar-refractivity contribution in [2.45, 2.75) is 5.03 Å². The fourth-order valence-corrected chi connectivity index (χ4v) is 2.68. The second-order valence-corrected chi connectivity index (χ2v) is 6.15. The Morgan fingerprint density at radius 2 is 2.05 bits per heavy atom. The van der Waals surface area contributed by atoms with E-state index in [1.807, 2.05) is 0 Å². The molecule has 0 aliphatic carbocycles. The molecule has 2 aromatic rings. The molecule has 0 saturated carbocycles. The van der Waals surface area contributed by atoms with E-state index in [2.05, 4.69) is 4.98 Å². The van der Waals surface area contributed by atoms with Crippen LogP contribution in [0.2, 0.25) is 5.02 Å². The molecule has 0 atom stereocenters. The molecule has 0 spiro atoms. The van der Waals surface area contributed by atoms with E-state index < -0.39 is 9.84 Å². The smallest absolute Gasteiger partial charge is 0.217 e. The molecule has 0 amide bonds. The maximum Gasteiger partial charge on any atom is 0.217 e. The van der Waals surface area contributed by atoms with Gasteiger partial charge in [0.05, 0.1) is 7.11 Å². The van der Waals surface area contributed by atoms with Gasteiger partial charge in [0.15, 0.2) is 5.03 Å². The van der Waals surface area contributed by atoms with Gasteiger partial charge in [-0.1, -0.05) is 23.7 Å². The molecule has 0 radical (unpaired) electrons. The van der Waals surface area contributed by atoms with Crippen LogP contribution in [0.4, 0.5) is 0 Å². The van der Waals surface area contributed by atoms with Gasteiger partial charge in [-0.25, -0.2) is 13.4 Å². The molecule has 0 aliphatic rings. The second kappa shape index (κ2) is 6.07. The molecule has 104 valence electrons. The van der Waals surface area contributed by atoms with Crippen molar-refractivity contribution in [1.82, 2.24) is 4.98 Å². The van der Waals surface area contributed by atoms with Crippen LogP contribution in [0.1, 0.15) is 5.56 Å². The summed E-state index contributed by atoms with van der Waals surface area (Å²) in [6, 6.07) is 9.86. The highest BCUT2D eigenvalue weighted by Crippen LogP contribution is 2.18. The Hall–Kier alpha value is -1.85. The van der Waals surface area contributed by atoms with Crippen molar-refractivity contribution >= 4 is 27.5 Å². The quantitative estimate of drug-likeness (QED) is 0.870. The SMILES string of the molecule is COc1ccnc(S(=O)(=O)/C=C/c2cccc(Cl)c2)c1. The lowest BCUT2D eigenvalue weighted by molar-refractivity contribution is 0.412. The zero-order valence-electron chi connectivity index (χ0n) is 10.7. The number of ether oxygens (including phenoxy) is 1. The van der Waals surface area contributed by atoms with Crippen molar-refractivity contribution in [1.29, 1.82) is 0 Å². The predicted octanol–water partition coefficient (Wildman–Crippen LogP) is 3.19. The fourth-order valence-electron chi connectivity index (χ4n) is 1.52. The van der Waals surface area contributed by atoms with Crippen LogP contribution < -0.4 is 4.74 Å². The molecule has 4 nitrogen and oxygen atoms in total. The average Bonchev–Trinajstić information content (AvgIpc) is 2.45. The number of nitrogens with zero attached hydrogens (tertiary/aromatic N) is 1. The predicted molar refractivity (Wildman–Crippen MR) is 78.5 cm³/mol. The van der Waals surface area contributed by atoms with Gasteiger partial charge in [0, 0.05) is 22.7 Å². The van der Waals surface area contributed by atoms with E-state index in [1.165, 1.54) is 25.4 Å². The third kappa shape index (κ3) is 3.59. The van der Waals surface area contributed by atoms with Crippen LogP contribution in [0.5, 0.6) is 5.75 Å². The zero-order valence-corrected chi connectivity index (χ0v) is 12.2. The lowest BCUT2D eigenvalue weighted by Crippen LogP contribution is -1.99. The van der Waals surface area contributed by atoms with E-state index in [0.29, 0.717) is 16.3 Å². The summed E-state index contributed by atoms with van der Waals surface area (Å²) in [6.45, 7) is 0. The number of methoxy groups -OCH3 is 1. The van der Waals surface area contributed by atoms with E-state index in [1.54, 1.807) is 30.3 Å². The van der Waals surface area contributed by atoms with E-state index in [0.717, 1.165) is 5.41 Å². The molecule has 20 heavy (non-hydrogen) atoms. The van der Waals surface area contributed by atoms with Gasteiger partial charge in [-0.05, 0) is 29.8 Å². The number of pyridine rings is 1. The fraction of sp³-hybridized carbons (Fsp3) is 0.0714. The highest BCUT2D eigenvalue weighted by Gasteiger charge is 2.12. The summed E-state index contributed by atoms with van der Waals surface area (Å²) >= 11 is 5.84. The average molecular weight is 310 g/mol. The Balaban J connectivity index is 2.31. The van der Waals surface area contributed by atoms with Crippen molar-refractivity contribution in [2.24, 2.45) is 0 Å². The van der Waals surface area contributed by atoms with Crippen LogP contribution >= 0.6 is 11.6 Å². The number of halogens is 1. The maximum absolute atomic E-state index is 12.1. The standard InChI is InChI=1S/C14H12ClNO3S/c1-19-13-5-7-16-14(10-13)20(17,18)8-6-11-3-2-4-12(15)9-11/h2-10H,1H3/b8-6+. The lowest BCUT2D eigenvalue weighted by Gasteiger charge is -2.02. The summed E-state index contributed by atoms with van der Waals surface area (Å²) in [5, 5.41) is 1.58. The van der Waals surface area contributed by atoms with Crippen molar-refractivity contribution in [3.63, 3.8) is 0 Å². The summed E-state index contributed by atoms with van der Waals surface area (Å²) in [6.07, 6.45) is 2.86. The Labute approximate surface area is 122 Å². The highest BCUT2D eigenvalue weighted by atomic mass is 35.5. The maximum atomic E-state index is 12.1. The van der Waals surface area contributed by atoms with Crippen LogP contribution in [0.15, 0.2) is 53.0 Å². The van der Waals surface area contributed by atoms with Crippen LogP contribution in [0.25, 0.3) is 6.08 Å². The van der Waals surface area contributed by atoms with Crippen LogP contribution in [0.3, 0.4) is 0 Å². The van der Waals surface area contributed by atoms with Crippen molar-refractivity contribution in [2.75, 3.05) is 7.11 Å². The molecule has 0 N–H and O–H groups in total. The third-order valence-corrected chi connectivity index (χ3v) is 4.06. The monoisotopic (exact) mass is 309 g/mol. The number of benzene rings is 1. The molecule has 1 heterocycles. The first-order valence-electron chi connectivity index (χ1n) is 5.70. The zero-order chi connectivity index (χ0) is 14.6. The van der Waals surface area contributed by atoms with Gasteiger partial charge < -0.3 is 4.74 Å². The molecule has 1 aromatic carbocycles. The van der Waals surface area contributed by atoms with Gasteiger partial charge in [-0.3, -0.25) is 0 Å². The summed E-state index contributed by atoms with van der Waals surface area (Å²) in [5.74, 6) is 0.440. The topological polar surface area (TPSA) is 56.3 Å². The van der Waals surface area contributed by atoms with Crippen LogP contribution in [-0.2, 0) is 9.84 Å². The van der Waals surface area contributed by atoms with Gasteiger partial charge in [0.2, 0.25) is 9.84 Å². The lowest BCUT2D eigenvalue weighted by atomic mass is 10.2. The Morgan fingerprint density at radius 1 is 1.25 bits per heavy atom. The summed E-state index contributed by atoms with van der Waals surface area (Å²) in [7, 11) is -2.15. The van der Waals surface area contributed by atoms with E-state index in [9.17, 15) is 8.42 Å². The molecule has 0 saturated heterocycles. The highest BCUT2D eigenvalue weighted by molar-refractivity contribution is 7.94. The first kappa shape index (κ1) is 14.6. The molecule has 0 bridgehead atoms. The van der Waals surface area contributed by atoms with Gasteiger partial charge in [0.1, 0.15) is 5.75 Å². The Bertz CT molecular complexity index is 742. The van der Waals surface area contributed by atoms with E-state index in [-0.39, 0.29) is 5.03 Å². The largest absolute Gasteiger partial charge is 0.497 e. The van der Waals surface area contributed by atoms with Gasteiger partial charge >= 0.3 is 0 Å². The van der Waals surface area contributed by atoms with Gasteiger partial charge in [0.25, 0.3) is 0 Å². The first-order valence-corrected chi connectivity index (χ1v) is 7.62. The van der Waals surface area contributed by atoms with E-state index >= 15 is 0 Å². The molecular formula is C14H12ClNO3S. The van der Waals surface area contributed by atoms with Crippen molar-refractivity contribution in [3.8, 4) is 5.75 Å². The molecule has 1 aromatic heterocycles. The van der Waals surface area contributed by atoms with Gasteiger partial charge in [-0.15, -0.1) is 0 Å². The summed E-state index contributed by atoms with van der Waals surface area (Å²) in [4.78, 5) is 3.84. The number of aromatic nitrogens is 1. The Morgan fingerprint density at radius 3 is 2.75 bits per heavy atom. The molecule has 6 heteroatoms. The minimum absolute atomic E-state index is 0.0601. The minimum atomic E-state index is -3.62. The van der Waals surface area contributed by atoms with Crippen LogP contribution in [0, 0.1) is 0 Å². The van der Waals surface area contributed by atoms with E-state index in [4.69, 9.17) is 16.3 Å². The number of rotatable bonds is 4. The molecule has 0 unspecified atom stereocenters. The molecular weight excluding hydrogens is 298 g/mol. The molecule has 0 aliphatic heterocycles. The Kier molecular flexibility index (Phi) is 4.42. The van der Waals surface area contributed by atoms with Gasteiger partial charge in [-0.2, -0.15) is 0 Å². The summed E-state index contributed by atoms with van der Waals surface area (Å²) in [5.41, 5.74) is 0.698. The normalized spacial score (nSPS) is 11.7. The minimum Gasteiger partial charge on any atom is -0.497 e. The summed E-state index contributed by atoms with van der Waals surface area (Å²) < 4.78 is 29.2. The van der Waals surface area contributed by atoms with Crippen molar-refractivity contribution < 1.29 is 13.2 Å². The molecule has 0 fully saturated rings. The number of hydrogen-bond acceptors (Lipinski definition) is 4. The molecule has 2 rings (SSSR count). The van der Waals surface area contributed by atoms with Crippen molar-refractivity contribution in [3.05, 3.63) is 58.6 Å². The third-order valence-electron chi connectivity index (χ3n) is 2.52. The number of hydrogen-bond donors (Lipinski definition) is 0. The van der Waals surface area contributed by atoms with Crippen LogP contribution in [-0.4, -0.2) is 20.5 Å². The first-order chi connectivity index (χ1) is 9.51. The second-order valence-electron chi connectivity index (χ2n) is 3.94.